The van der Waals surface area contributed by atoms with Gasteiger partial charge in [-0.05, 0) is 24.0 Å². The molecule has 3 amide bonds. The van der Waals surface area contributed by atoms with Crippen molar-refractivity contribution >= 4 is 23.7 Å². The largest absolute Gasteiger partial charge is 0.455 e. The van der Waals surface area contributed by atoms with Gasteiger partial charge < -0.3 is 29.7 Å². The van der Waals surface area contributed by atoms with Crippen molar-refractivity contribution in [3.63, 3.8) is 0 Å². The zero-order chi connectivity index (χ0) is 30.7. The molecule has 6 atom stereocenters. The van der Waals surface area contributed by atoms with Gasteiger partial charge in [0.2, 0.25) is 17.7 Å². The van der Waals surface area contributed by atoms with E-state index < -0.39 is 41.7 Å². The van der Waals surface area contributed by atoms with Crippen molar-refractivity contribution in [3.8, 4) is 0 Å². The van der Waals surface area contributed by atoms with Gasteiger partial charge in [-0.3, -0.25) is 19.2 Å². The molecule has 6 rings (SSSR count). The van der Waals surface area contributed by atoms with Gasteiger partial charge in [0.05, 0.1) is 18.6 Å². The van der Waals surface area contributed by atoms with Crippen LogP contribution in [0.2, 0.25) is 0 Å². The standard InChI is InChI=1S/C34H37N3O7/c38-20-10-19-37-30-32(41)36(22-23-11-4-1-5-12-23)18-9-3-8-15-27(39)35-21-26(24-13-6-2-7-14-24)43-33(42)28-25-16-17-34(30,44-25)29(28)31(37)40/h1-7,9,11-14,16-17,25-26,28-30,38H,8,10,15,18-22H2,(H,35,39)/b9-3-/t25-,26-,28+,29+,30-,34+/m0/s1. The number of rotatable bonds is 6. The second-order valence-corrected chi connectivity index (χ2v) is 11.7. The highest BCUT2D eigenvalue weighted by Gasteiger charge is 2.73. The molecule has 4 aliphatic heterocycles. The lowest BCUT2D eigenvalue weighted by atomic mass is 9.74. The molecule has 44 heavy (non-hydrogen) atoms. The molecule has 0 radical (unpaired) electrons. The number of nitrogens with one attached hydrogen (secondary N) is 1. The minimum atomic E-state index is -1.35. The summed E-state index contributed by atoms with van der Waals surface area (Å²) in [5.74, 6) is -3.42. The average Bonchev–Trinajstić information content (AvgIpc) is 3.68. The number of aliphatic hydroxyl groups is 1. The van der Waals surface area contributed by atoms with Gasteiger partial charge in [0.1, 0.15) is 23.7 Å². The number of likely N-dealkylation sites (tertiary alicyclic amines) is 1. The molecule has 1 spiro atoms. The van der Waals surface area contributed by atoms with Crippen LogP contribution in [-0.4, -0.2) is 82.6 Å². The Bertz CT molecular complexity index is 1450. The van der Waals surface area contributed by atoms with Gasteiger partial charge in [0.25, 0.3) is 0 Å². The molecule has 5 bridgehead atoms. The average molecular weight is 600 g/mol. The number of cyclic esters (lactones) is 1. The maximum atomic E-state index is 14.6. The number of fused-ring (bicyclic) bond motifs is 2. The van der Waals surface area contributed by atoms with E-state index in [9.17, 15) is 24.3 Å². The van der Waals surface area contributed by atoms with Gasteiger partial charge in [-0.1, -0.05) is 85.0 Å². The molecule has 4 heterocycles. The second kappa shape index (κ2) is 12.8. The number of ether oxygens (including phenoxy) is 2. The molecular formula is C34H37N3O7. The molecule has 0 saturated carbocycles. The Morgan fingerprint density at radius 2 is 1.70 bits per heavy atom. The van der Waals surface area contributed by atoms with Crippen molar-refractivity contribution in [2.24, 2.45) is 11.8 Å². The fourth-order valence-corrected chi connectivity index (χ4v) is 6.85. The van der Waals surface area contributed by atoms with Crippen LogP contribution in [0, 0.1) is 11.8 Å². The first-order valence-electron chi connectivity index (χ1n) is 15.2. The first-order chi connectivity index (χ1) is 21.4. The number of esters is 1. The zero-order valence-electron chi connectivity index (χ0n) is 24.4. The van der Waals surface area contributed by atoms with Crippen molar-refractivity contribution in [2.45, 2.75) is 49.7 Å². The second-order valence-electron chi connectivity index (χ2n) is 11.7. The van der Waals surface area contributed by atoms with E-state index in [-0.39, 0.29) is 56.8 Å². The van der Waals surface area contributed by atoms with Gasteiger partial charge in [-0.25, -0.2) is 0 Å². The van der Waals surface area contributed by atoms with E-state index in [4.69, 9.17) is 9.47 Å². The first-order valence-corrected chi connectivity index (χ1v) is 15.2. The molecule has 2 saturated heterocycles. The number of carbonyl (C=O) groups excluding carboxylic acids is 4. The van der Waals surface area contributed by atoms with Crippen LogP contribution in [0.15, 0.2) is 85.0 Å². The summed E-state index contributed by atoms with van der Waals surface area (Å²) in [6.45, 7) is 0.602. The Hall–Kier alpha value is -4.28. The Kier molecular flexibility index (Phi) is 8.63. The maximum Gasteiger partial charge on any atom is 0.313 e. The molecule has 2 fully saturated rings. The molecule has 0 aromatic heterocycles. The van der Waals surface area contributed by atoms with E-state index in [0.717, 1.165) is 5.56 Å². The van der Waals surface area contributed by atoms with Crippen LogP contribution in [0.4, 0.5) is 0 Å². The highest BCUT2D eigenvalue weighted by Crippen LogP contribution is 2.55. The summed E-state index contributed by atoms with van der Waals surface area (Å²) in [6, 6.07) is 17.7. The number of allylic oxidation sites excluding steroid dienone is 1. The van der Waals surface area contributed by atoms with Crippen LogP contribution in [0.5, 0.6) is 0 Å². The number of hydrogen-bond donors (Lipinski definition) is 2. The van der Waals surface area contributed by atoms with E-state index in [2.05, 4.69) is 5.32 Å². The van der Waals surface area contributed by atoms with Crippen LogP contribution >= 0.6 is 0 Å². The summed E-state index contributed by atoms with van der Waals surface area (Å²) in [7, 11) is 0. The fourth-order valence-electron chi connectivity index (χ4n) is 6.85. The summed E-state index contributed by atoms with van der Waals surface area (Å²) in [5.41, 5.74) is 0.279. The van der Waals surface area contributed by atoms with Crippen molar-refractivity contribution in [2.75, 3.05) is 26.2 Å². The Morgan fingerprint density at radius 3 is 2.45 bits per heavy atom. The lowest BCUT2D eigenvalue weighted by molar-refractivity contribution is -0.159. The fraction of sp³-hybridized carbons (Fsp3) is 0.412. The molecule has 10 nitrogen and oxygen atoms in total. The molecule has 0 unspecified atom stereocenters. The Morgan fingerprint density at radius 1 is 0.955 bits per heavy atom. The van der Waals surface area contributed by atoms with E-state index >= 15 is 0 Å². The molecule has 0 aliphatic carbocycles. The van der Waals surface area contributed by atoms with Crippen molar-refractivity contribution < 1.29 is 33.8 Å². The number of carbonyl (C=O) groups is 4. The van der Waals surface area contributed by atoms with Gasteiger partial charge in [0, 0.05) is 32.7 Å². The molecule has 10 heteroatoms. The number of hydrogen-bond acceptors (Lipinski definition) is 7. The predicted molar refractivity (Wildman–Crippen MR) is 159 cm³/mol. The van der Waals surface area contributed by atoms with Crippen LogP contribution in [-0.2, 0) is 35.2 Å². The molecule has 2 aromatic rings. The van der Waals surface area contributed by atoms with E-state index in [1.54, 1.807) is 17.1 Å². The zero-order valence-corrected chi connectivity index (χ0v) is 24.4. The van der Waals surface area contributed by atoms with Crippen LogP contribution in [0.1, 0.15) is 36.5 Å². The highest BCUT2D eigenvalue weighted by molar-refractivity contribution is 5.99. The number of aliphatic hydroxyl groups excluding tert-OH is 1. The topological polar surface area (TPSA) is 125 Å². The SMILES string of the molecule is O=C1CC/C=C\CN(Cc2ccccc2)C(=O)[C@@H]2N(CCCO)C(=O)[C@H]3[C@H](C(=O)O[C@H](c4ccccc4)CN1)[C@@H]1C=C[C@]23O1. The van der Waals surface area contributed by atoms with E-state index in [1.165, 1.54) is 4.90 Å². The third kappa shape index (κ3) is 5.55. The van der Waals surface area contributed by atoms with Gasteiger partial charge in [-0.2, -0.15) is 0 Å². The van der Waals surface area contributed by atoms with Gasteiger partial charge in [-0.15, -0.1) is 0 Å². The lowest BCUT2D eigenvalue weighted by Crippen LogP contribution is -2.55. The number of benzene rings is 2. The minimum absolute atomic E-state index is 0.0741. The smallest absolute Gasteiger partial charge is 0.313 e. The Labute approximate surface area is 256 Å². The summed E-state index contributed by atoms with van der Waals surface area (Å²) in [5, 5.41) is 12.5. The van der Waals surface area contributed by atoms with E-state index in [0.29, 0.717) is 18.5 Å². The van der Waals surface area contributed by atoms with Crippen LogP contribution in [0.25, 0.3) is 0 Å². The molecule has 2 aromatic carbocycles. The summed E-state index contributed by atoms with van der Waals surface area (Å²) in [6.07, 6.45) is 6.70. The molecule has 2 N–H and O–H groups in total. The monoisotopic (exact) mass is 599 g/mol. The van der Waals surface area contributed by atoms with Gasteiger partial charge in [0.15, 0.2) is 0 Å². The molecular weight excluding hydrogens is 562 g/mol. The quantitative estimate of drug-likeness (QED) is 0.386. The summed E-state index contributed by atoms with van der Waals surface area (Å²) >= 11 is 0. The van der Waals surface area contributed by atoms with Gasteiger partial charge >= 0.3 is 5.97 Å². The summed E-state index contributed by atoms with van der Waals surface area (Å²) < 4.78 is 12.5. The van der Waals surface area contributed by atoms with Crippen molar-refractivity contribution in [1.29, 1.82) is 0 Å². The third-order valence-electron chi connectivity index (χ3n) is 8.91. The number of nitrogens with zero attached hydrogens (tertiary/aromatic N) is 2. The number of amides is 3. The van der Waals surface area contributed by atoms with Crippen LogP contribution < -0.4 is 5.32 Å². The highest BCUT2D eigenvalue weighted by atomic mass is 16.6. The van der Waals surface area contributed by atoms with Crippen molar-refractivity contribution in [3.05, 3.63) is 96.1 Å². The van der Waals surface area contributed by atoms with Crippen LogP contribution in [0.3, 0.4) is 0 Å². The molecule has 230 valence electrons. The minimum Gasteiger partial charge on any atom is -0.455 e. The Balaban J connectivity index is 1.39. The van der Waals surface area contributed by atoms with Crippen molar-refractivity contribution in [1.82, 2.24) is 15.1 Å². The third-order valence-corrected chi connectivity index (χ3v) is 8.91. The lowest BCUT2D eigenvalue weighted by Gasteiger charge is -2.36. The summed E-state index contributed by atoms with van der Waals surface area (Å²) in [4.78, 5) is 58.5. The maximum absolute atomic E-state index is 14.6. The molecule has 4 aliphatic rings. The normalized spacial score (nSPS) is 31.2. The first kappa shape index (κ1) is 29.8. The predicted octanol–water partition coefficient (Wildman–Crippen LogP) is 2.30. The van der Waals surface area contributed by atoms with E-state index in [1.807, 2.05) is 72.8 Å².